The van der Waals surface area contributed by atoms with Crippen LogP contribution in [0.5, 0.6) is 0 Å². The highest BCUT2D eigenvalue weighted by Gasteiger charge is 2.52. The fourth-order valence-corrected chi connectivity index (χ4v) is 12.4. The first kappa shape index (κ1) is 41.3. The third-order valence-electron chi connectivity index (χ3n) is 15.7. The van der Waals surface area contributed by atoms with Crippen LogP contribution >= 0.6 is 0 Å². The normalized spacial score (nSPS) is 12.8. The summed E-state index contributed by atoms with van der Waals surface area (Å²) in [5.41, 5.74) is 24.2. The lowest BCUT2D eigenvalue weighted by Gasteiger charge is -2.32. The molecule has 1 aromatic heterocycles. The minimum atomic E-state index is -0.560. The van der Waals surface area contributed by atoms with Crippen molar-refractivity contribution in [3.63, 3.8) is 0 Å². The van der Waals surface area contributed by atoms with E-state index in [0.29, 0.717) is 0 Å². The topological polar surface area (TPSA) is 16.4 Å². The van der Waals surface area contributed by atoms with Crippen molar-refractivity contribution < 1.29 is 4.42 Å². The molecule has 1 spiro atoms. The van der Waals surface area contributed by atoms with Gasteiger partial charge in [0.1, 0.15) is 11.2 Å². The Balaban J connectivity index is 0.909. The molecular weight excluding hydrogens is 883 g/mol. The molecule has 0 saturated heterocycles. The lowest BCUT2D eigenvalue weighted by molar-refractivity contribution is 0.670. The van der Waals surface area contributed by atoms with Crippen molar-refractivity contribution in [1.29, 1.82) is 0 Å². The van der Waals surface area contributed by atoms with Gasteiger partial charge in [-0.05, 0) is 149 Å². The first-order valence-electron chi connectivity index (χ1n) is 25.2. The van der Waals surface area contributed by atoms with E-state index in [1.165, 1.54) is 88.7 Å². The zero-order valence-electron chi connectivity index (χ0n) is 39.8. The van der Waals surface area contributed by atoms with Gasteiger partial charge in [-0.15, -0.1) is 0 Å². The predicted molar refractivity (Wildman–Crippen MR) is 304 cm³/mol. The van der Waals surface area contributed by atoms with Gasteiger partial charge in [-0.3, -0.25) is 0 Å². The van der Waals surface area contributed by atoms with Crippen LogP contribution in [-0.4, -0.2) is 0 Å². The van der Waals surface area contributed by atoms with Crippen molar-refractivity contribution in [3.05, 3.63) is 295 Å². The van der Waals surface area contributed by atoms with Gasteiger partial charge in [-0.1, -0.05) is 218 Å². The molecule has 1 heterocycles. The molecule has 2 nitrogen and oxygen atoms in total. The van der Waals surface area contributed by atoms with Crippen LogP contribution in [0.1, 0.15) is 22.3 Å². The number of anilines is 3. The van der Waals surface area contributed by atoms with Gasteiger partial charge in [0.2, 0.25) is 0 Å². The number of rotatable bonds is 7. The summed E-state index contributed by atoms with van der Waals surface area (Å²) in [6.45, 7) is 0. The largest absolute Gasteiger partial charge is 0.455 e. The number of benzene rings is 12. The monoisotopic (exact) mass is 927 g/mol. The Bertz CT molecular complexity index is 4260. The standard InChI is InChI=1S/C71H45NO/c1-2-15-46(16-3-1)47-31-36-53(37-32-47)72(54-38-33-49(34-39-54)58-26-14-27-64-63-24-8-11-30-69(63)73-70(58)64)55-40-42-62-61-41-35-51(50-19-12-20-52(43-50)57-25-13-18-48-17-4-5-21-56(48)57)44-67(61)71(68(62)45-55)65-28-9-6-22-59(65)60-23-7-10-29-66(60)71/h1-45H. The summed E-state index contributed by atoms with van der Waals surface area (Å²) in [5.74, 6) is 0. The Morgan fingerprint density at radius 1 is 0.260 bits per heavy atom. The summed E-state index contributed by atoms with van der Waals surface area (Å²) < 4.78 is 6.53. The van der Waals surface area contributed by atoms with Crippen molar-refractivity contribution in [1.82, 2.24) is 0 Å². The molecule has 13 aromatic rings. The smallest absolute Gasteiger partial charge is 0.143 e. The van der Waals surface area contributed by atoms with Gasteiger partial charge in [0.25, 0.3) is 0 Å². The molecule has 0 radical (unpaired) electrons. The molecule has 0 amide bonds. The number of fused-ring (bicyclic) bond motifs is 14. The zero-order valence-corrected chi connectivity index (χ0v) is 39.8. The summed E-state index contributed by atoms with van der Waals surface area (Å²) >= 11 is 0. The first-order chi connectivity index (χ1) is 36.2. The van der Waals surface area contributed by atoms with Crippen LogP contribution in [-0.2, 0) is 5.41 Å². The van der Waals surface area contributed by atoms with E-state index in [2.05, 4.69) is 272 Å². The zero-order chi connectivity index (χ0) is 48.0. The van der Waals surface area contributed by atoms with E-state index in [-0.39, 0.29) is 0 Å². The van der Waals surface area contributed by atoms with E-state index < -0.39 is 5.41 Å². The highest BCUT2D eigenvalue weighted by molar-refractivity contribution is 6.09. The van der Waals surface area contributed by atoms with E-state index in [1.54, 1.807) is 0 Å². The molecule has 0 atom stereocenters. The van der Waals surface area contributed by atoms with E-state index in [4.69, 9.17) is 4.42 Å². The molecule has 2 heteroatoms. The fraction of sp³-hybridized carbons (Fsp3) is 0.0141. The summed E-state index contributed by atoms with van der Waals surface area (Å²) in [6, 6.07) is 100. The molecule has 2 aliphatic carbocycles. The first-order valence-corrected chi connectivity index (χ1v) is 25.2. The SMILES string of the molecule is c1ccc(-c2ccc(N(c3ccc(-c4cccc5c4oc4ccccc45)cc3)c3ccc4c(c3)C3(c5ccccc5-c5ccccc53)c3cc(-c5cccc(-c6cccc7ccccc67)c5)ccc3-4)cc2)cc1. The third-order valence-corrected chi connectivity index (χ3v) is 15.7. The maximum absolute atomic E-state index is 6.53. The van der Waals surface area contributed by atoms with Crippen LogP contribution in [0, 0.1) is 0 Å². The maximum Gasteiger partial charge on any atom is 0.143 e. The molecule has 15 rings (SSSR count). The highest BCUT2D eigenvalue weighted by atomic mass is 16.3. The molecule has 340 valence electrons. The Labute approximate surface area is 424 Å². The molecule has 0 bridgehead atoms. The second kappa shape index (κ2) is 16.3. The summed E-state index contributed by atoms with van der Waals surface area (Å²) in [5, 5.41) is 4.77. The Kier molecular flexibility index (Phi) is 9.21. The van der Waals surface area contributed by atoms with E-state index >= 15 is 0 Å². The van der Waals surface area contributed by atoms with Crippen LogP contribution < -0.4 is 4.90 Å². The summed E-state index contributed by atoms with van der Waals surface area (Å²) in [4.78, 5) is 2.42. The van der Waals surface area contributed by atoms with E-state index in [9.17, 15) is 0 Å². The molecule has 0 unspecified atom stereocenters. The Hall–Kier alpha value is -9.50. The van der Waals surface area contributed by atoms with Crippen LogP contribution in [0.25, 0.3) is 99.5 Å². The Morgan fingerprint density at radius 3 is 1.52 bits per heavy atom. The highest BCUT2D eigenvalue weighted by Crippen LogP contribution is 2.64. The third kappa shape index (κ3) is 6.30. The van der Waals surface area contributed by atoms with Crippen molar-refractivity contribution in [2.24, 2.45) is 0 Å². The number of hydrogen-bond donors (Lipinski definition) is 0. The van der Waals surface area contributed by atoms with Crippen molar-refractivity contribution >= 4 is 49.8 Å². The van der Waals surface area contributed by atoms with Gasteiger partial charge in [0.15, 0.2) is 0 Å². The molecule has 0 N–H and O–H groups in total. The van der Waals surface area contributed by atoms with Crippen LogP contribution in [0.2, 0.25) is 0 Å². The number of para-hydroxylation sites is 2. The molecule has 0 saturated carbocycles. The molecular formula is C71H45NO. The Morgan fingerprint density at radius 2 is 0.740 bits per heavy atom. The van der Waals surface area contributed by atoms with Gasteiger partial charge in [0.05, 0.1) is 5.41 Å². The van der Waals surface area contributed by atoms with Gasteiger partial charge >= 0.3 is 0 Å². The van der Waals surface area contributed by atoms with E-state index in [0.717, 1.165) is 50.1 Å². The minimum absolute atomic E-state index is 0.560. The lowest BCUT2D eigenvalue weighted by Crippen LogP contribution is -2.26. The van der Waals surface area contributed by atoms with E-state index in [1.807, 2.05) is 6.07 Å². The van der Waals surface area contributed by atoms with Crippen LogP contribution in [0.4, 0.5) is 17.1 Å². The second-order valence-corrected chi connectivity index (χ2v) is 19.5. The van der Waals surface area contributed by atoms with Crippen LogP contribution in [0.3, 0.4) is 0 Å². The second-order valence-electron chi connectivity index (χ2n) is 19.5. The predicted octanol–water partition coefficient (Wildman–Crippen LogP) is 19.2. The maximum atomic E-state index is 6.53. The van der Waals surface area contributed by atoms with Gasteiger partial charge in [-0.2, -0.15) is 0 Å². The lowest BCUT2D eigenvalue weighted by atomic mass is 9.70. The van der Waals surface area contributed by atoms with Crippen molar-refractivity contribution in [2.45, 2.75) is 5.41 Å². The van der Waals surface area contributed by atoms with Crippen LogP contribution in [0.15, 0.2) is 277 Å². The average molecular weight is 928 g/mol. The van der Waals surface area contributed by atoms with Gasteiger partial charge in [0, 0.05) is 33.4 Å². The quantitative estimate of drug-likeness (QED) is 0.158. The van der Waals surface area contributed by atoms with Crippen molar-refractivity contribution in [2.75, 3.05) is 4.90 Å². The number of nitrogens with zero attached hydrogens (tertiary/aromatic N) is 1. The average Bonchev–Trinajstić information content (AvgIpc) is 4.10. The number of hydrogen-bond acceptors (Lipinski definition) is 2. The molecule has 2 aliphatic rings. The fourth-order valence-electron chi connectivity index (χ4n) is 12.4. The molecule has 73 heavy (non-hydrogen) atoms. The molecule has 12 aromatic carbocycles. The summed E-state index contributed by atoms with van der Waals surface area (Å²) in [7, 11) is 0. The molecule has 0 aliphatic heterocycles. The van der Waals surface area contributed by atoms with Crippen molar-refractivity contribution in [3.8, 4) is 66.8 Å². The minimum Gasteiger partial charge on any atom is -0.455 e. The van der Waals surface area contributed by atoms with Gasteiger partial charge < -0.3 is 9.32 Å². The summed E-state index contributed by atoms with van der Waals surface area (Å²) in [6.07, 6.45) is 0. The molecule has 0 fully saturated rings. The number of furan rings is 1. The van der Waals surface area contributed by atoms with Gasteiger partial charge in [-0.25, -0.2) is 0 Å².